The highest BCUT2D eigenvalue weighted by Crippen LogP contribution is 2.37. The summed E-state index contributed by atoms with van der Waals surface area (Å²) in [6.07, 6.45) is 2.38. The molecule has 2 atom stereocenters. The molecule has 2 rings (SSSR count). The average molecular weight is 222 g/mol. The van der Waals surface area contributed by atoms with Crippen LogP contribution in [0.5, 0.6) is 0 Å². The first kappa shape index (κ1) is 11.1. The molecule has 86 valence electrons. The molecule has 1 aliphatic carbocycles. The van der Waals surface area contributed by atoms with E-state index < -0.39 is 5.97 Å². The maximum Gasteiger partial charge on any atom is 0.306 e. The van der Waals surface area contributed by atoms with E-state index in [9.17, 15) is 9.18 Å². The second kappa shape index (κ2) is 4.24. The second-order valence-electron chi connectivity index (χ2n) is 4.56. The van der Waals surface area contributed by atoms with Crippen LogP contribution in [0.15, 0.2) is 18.2 Å². The molecule has 0 bridgehead atoms. The smallest absolute Gasteiger partial charge is 0.306 e. The molecule has 2 nitrogen and oxygen atoms in total. The molecule has 0 radical (unpaired) electrons. The third-order valence-corrected chi connectivity index (χ3v) is 3.53. The molecule has 0 saturated heterocycles. The van der Waals surface area contributed by atoms with Crippen LogP contribution in [0.1, 0.15) is 24.0 Å². The SMILES string of the molecule is Cc1ccc(F)cc1CC1CCC1C(=O)O. The molecule has 0 heterocycles. The van der Waals surface area contributed by atoms with Crippen molar-refractivity contribution in [3.63, 3.8) is 0 Å². The van der Waals surface area contributed by atoms with Gasteiger partial charge in [0.1, 0.15) is 5.82 Å². The van der Waals surface area contributed by atoms with Gasteiger partial charge in [-0.1, -0.05) is 6.07 Å². The molecule has 0 aliphatic heterocycles. The number of carboxylic acid groups (broad SMARTS) is 1. The Bertz CT molecular complexity index is 414. The van der Waals surface area contributed by atoms with Gasteiger partial charge >= 0.3 is 5.97 Å². The van der Waals surface area contributed by atoms with E-state index in [4.69, 9.17) is 5.11 Å². The van der Waals surface area contributed by atoms with Crippen LogP contribution in [0, 0.1) is 24.6 Å². The van der Waals surface area contributed by atoms with Crippen LogP contribution < -0.4 is 0 Å². The van der Waals surface area contributed by atoms with Gasteiger partial charge in [0, 0.05) is 0 Å². The normalized spacial score (nSPS) is 23.9. The minimum Gasteiger partial charge on any atom is -0.481 e. The number of carboxylic acids is 1. The van der Waals surface area contributed by atoms with Gasteiger partial charge < -0.3 is 5.11 Å². The van der Waals surface area contributed by atoms with Crippen molar-refractivity contribution in [2.75, 3.05) is 0 Å². The van der Waals surface area contributed by atoms with E-state index in [0.29, 0.717) is 6.42 Å². The van der Waals surface area contributed by atoms with E-state index in [1.165, 1.54) is 12.1 Å². The van der Waals surface area contributed by atoms with Crippen molar-refractivity contribution in [2.45, 2.75) is 26.2 Å². The molecule has 1 saturated carbocycles. The number of aryl methyl sites for hydroxylation is 1. The Balaban J connectivity index is 2.09. The Morgan fingerprint density at radius 2 is 2.25 bits per heavy atom. The monoisotopic (exact) mass is 222 g/mol. The van der Waals surface area contributed by atoms with Crippen LogP contribution in [-0.4, -0.2) is 11.1 Å². The maximum atomic E-state index is 13.1. The topological polar surface area (TPSA) is 37.3 Å². The zero-order valence-electron chi connectivity index (χ0n) is 9.24. The van der Waals surface area contributed by atoms with Gasteiger partial charge in [-0.15, -0.1) is 0 Å². The van der Waals surface area contributed by atoms with E-state index >= 15 is 0 Å². The van der Waals surface area contributed by atoms with E-state index in [1.54, 1.807) is 6.07 Å². The second-order valence-corrected chi connectivity index (χ2v) is 4.56. The fraction of sp³-hybridized carbons (Fsp3) is 0.462. The van der Waals surface area contributed by atoms with Gasteiger partial charge in [0.05, 0.1) is 5.92 Å². The van der Waals surface area contributed by atoms with Gasteiger partial charge in [-0.2, -0.15) is 0 Å². The Labute approximate surface area is 94.1 Å². The number of halogens is 1. The highest BCUT2D eigenvalue weighted by Gasteiger charge is 2.36. The molecule has 2 unspecified atom stereocenters. The van der Waals surface area contributed by atoms with Gasteiger partial charge in [-0.05, 0) is 55.4 Å². The van der Waals surface area contributed by atoms with E-state index in [-0.39, 0.29) is 17.7 Å². The molecule has 1 N–H and O–H groups in total. The van der Waals surface area contributed by atoms with E-state index in [2.05, 4.69) is 0 Å². The van der Waals surface area contributed by atoms with Crippen molar-refractivity contribution in [2.24, 2.45) is 11.8 Å². The predicted octanol–water partition coefficient (Wildman–Crippen LogP) is 2.79. The Morgan fingerprint density at radius 3 is 2.81 bits per heavy atom. The summed E-state index contributed by atoms with van der Waals surface area (Å²) in [5.74, 6) is -1.02. The van der Waals surface area contributed by atoms with Crippen molar-refractivity contribution in [1.82, 2.24) is 0 Å². The molecular weight excluding hydrogens is 207 g/mol. The van der Waals surface area contributed by atoms with Crippen LogP contribution in [0.4, 0.5) is 4.39 Å². The largest absolute Gasteiger partial charge is 0.481 e. The fourth-order valence-corrected chi connectivity index (χ4v) is 2.28. The Hall–Kier alpha value is -1.38. The van der Waals surface area contributed by atoms with Crippen molar-refractivity contribution < 1.29 is 14.3 Å². The molecule has 1 fully saturated rings. The van der Waals surface area contributed by atoms with Gasteiger partial charge in [-0.3, -0.25) is 4.79 Å². The lowest BCUT2D eigenvalue weighted by Crippen LogP contribution is -2.34. The first-order chi connectivity index (χ1) is 7.58. The summed E-state index contributed by atoms with van der Waals surface area (Å²) in [5, 5.41) is 8.93. The van der Waals surface area contributed by atoms with Crippen molar-refractivity contribution >= 4 is 5.97 Å². The lowest BCUT2D eigenvalue weighted by atomic mass is 9.70. The summed E-state index contributed by atoms with van der Waals surface area (Å²) in [4.78, 5) is 10.9. The highest BCUT2D eigenvalue weighted by molar-refractivity contribution is 5.71. The van der Waals surface area contributed by atoms with Crippen LogP contribution in [0.3, 0.4) is 0 Å². The average Bonchev–Trinajstić information content (AvgIpc) is 2.16. The third kappa shape index (κ3) is 2.08. The predicted molar refractivity (Wildman–Crippen MR) is 58.7 cm³/mol. The van der Waals surface area contributed by atoms with E-state index in [1.807, 2.05) is 6.92 Å². The van der Waals surface area contributed by atoms with Crippen LogP contribution in [-0.2, 0) is 11.2 Å². The number of hydrogen-bond acceptors (Lipinski definition) is 1. The van der Waals surface area contributed by atoms with Gasteiger partial charge in [0.25, 0.3) is 0 Å². The number of hydrogen-bond donors (Lipinski definition) is 1. The third-order valence-electron chi connectivity index (χ3n) is 3.53. The zero-order valence-corrected chi connectivity index (χ0v) is 9.24. The summed E-state index contributed by atoms with van der Waals surface area (Å²) in [7, 11) is 0. The molecule has 0 aromatic heterocycles. The van der Waals surface area contributed by atoms with Crippen molar-refractivity contribution in [3.8, 4) is 0 Å². The van der Waals surface area contributed by atoms with E-state index in [0.717, 1.165) is 24.0 Å². The minimum absolute atomic E-state index is 0.179. The van der Waals surface area contributed by atoms with Crippen LogP contribution in [0.25, 0.3) is 0 Å². The molecular formula is C13H15FO2. The van der Waals surface area contributed by atoms with Crippen LogP contribution in [0.2, 0.25) is 0 Å². The summed E-state index contributed by atoms with van der Waals surface area (Å²) in [6.45, 7) is 1.93. The van der Waals surface area contributed by atoms with Crippen LogP contribution >= 0.6 is 0 Å². The maximum absolute atomic E-state index is 13.1. The summed E-state index contributed by atoms with van der Waals surface area (Å²) < 4.78 is 13.1. The summed E-state index contributed by atoms with van der Waals surface area (Å²) in [6, 6.07) is 4.71. The molecule has 16 heavy (non-hydrogen) atoms. The first-order valence-electron chi connectivity index (χ1n) is 5.56. The molecule has 3 heteroatoms. The highest BCUT2D eigenvalue weighted by atomic mass is 19.1. The number of rotatable bonds is 3. The molecule has 0 spiro atoms. The standard InChI is InChI=1S/C13H15FO2/c1-8-2-4-11(14)7-10(8)6-9-3-5-12(9)13(15)16/h2,4,7,9,12H,3,5-6H2,1H3,(H,15,16). The molecule has 1 aromatic rings. The van der Waals surface area contributed by atoms with Crippen molar-refractivity contribution in [1.29, 1.82) is 0 Å². The number of aliphatic carboxylic acids is 1. The lowest BCUT2D eigenvalue weighted by Gasteiger charge is -2.33. The molecule has 0 amide bonds. The van der Waals surface area contributed by atoms with Gasteiger partial charge in [0.2, 0.25) is 0 Å². The summed E-state index contributed by atoms with van der Waals surface area (Å²) >= 11 is 0. The number of benzene rings is 1. The lowest BCUT2D eigenvalue weighted by molar-refractivity contribution is -0.147. The number of carbonyl (C=O) groups is 1. The van der Waals surface area contributed by atoms with Gasteiger partial charge in [-0.25, -0.2) is 4.39 Å². The Morgan fingerprint density at radius 1 is 1.50 bits per heavy atom. The zero-order chi connectivity index (χ0) is 11.7. The fourth-order valence-electron chi connectivity index (χ4n) is 2.28. The minimum atomic E-state index is -0.717. The molecule has 1 aliphatic rings. The summed E-state index contributed by atoms with van der Waals surface area (Å²) in [5.41, 5.74) is 1.98. The quantitative estimate of drug-likeness (QED) is 0.853. The first-order valence-corrected chi connectivity index (χ1v) is 5.56. The molecule has 1 aromatic carbocycles. The van der Waals surface area contributed by atoms with Gasteiger partial charge in [0.15, 0.2) is 0 Å². The Kier molecular flexibility index (Phi) is 2.95. The van der Waals surface area contributed by atoms with Crippen molar-refractivity contribution in [3.05, 3.63) is 35.1 Å².